The van der Waals surface area contributed by atoms with Crippen molar-refractivity contribution in [2.75, 3.05) is 0 Å². The number of aromatic nitrogens is 1. The molecule has 1 heterocycles. The lowest BCUT2D eigenvalue weighted by molar-refractivity contribution is 0.105. The summed E-state index contributed by atoms with van der Waals surface area (Å²) in [6.07, 6.45) is 1.55. The molecule has 3 rings (SSSR count). The van der Waals surface area contributed by atoms with Crippen LogP contribution in [0.2, 0.25) is 0 Å². The third kappa shape index (κ3) is 2.90. The number of hydrogen-bond acceptors (Lipinski definition) is 2. The van der Waals surface area contributed by atoms with Crippen molar-refractivity contribution >= 4 is 10.9 Å². The molecule has 106 valence electrons. The first-order valence-corrected chi connectivity index (χ1v) is 6.59. The van der Waals surface area contributed by atoms with E-state index in [4.69, 9.17) is 4.74 Å². The largest absolute Gasteiger partial charge is 0.372 e. The molecular weight excluding hydrogens is 272 g/mol. The standard InChI is InChI=1S/C17H13F2NO/c18-15-6-2-1-4-13(15)11-21-10-12-8-9-20-17-14(12)5-3-7-16(17)19/h1-9H,10-11H2. The first kappa shape index (κ1) is 13.6. The third-order valence-corrected chi connectivity index (χ3v) is 3.29. The van der Waals surface area contributed by atoms with Crippen LogP contribution in [0.15, 0.2) is 54.7 Å². The smallest absolute Gasteiger partial charge is 0.149 e. The van der Waals surface area contributed by atoms with Crippen molar-refractivity contribution in [1.29, 1.82) is 0 Å². The number of benzene rings is 2. The Balaban J connectivity index is 1.77. The van der Waals surface area contributed by atoms with E-state index in [1.54, 1.807) is 42.6 Å². The predicted molar refractivity (Wildman–Crippen MR) is 76.6 cm³/mol. The molecule has 2 aromatic carbocycles. The maximum atomic E-state index is 13.7. The van der Waals surface area contributed by atoms with Gasteiger partial charge >= 0.3 is 0 Å². The maximum absolute atomic E-state index is 13.7. The lowest BCUT2D eigenvalue weighted by atomic mass is 10.1. The summed E-state index contributed by atoms with van der Waals surface area (Å²) in [7, 11) is 0. The average molecular weight is 285 g/mol. The van der Waals surface area contributed by atoms with E-state index in [0.717, 1.165) is 5.56 Å². The number of hydrogen-bond donors (Lipinski definition) is 0. The Bertz CT molecular complexity index is 774. The summed E-state index contributed by atoms with van der Waals surface area (Å²) >= 11 is 0. The summed E-state index contributed by atoms with van der Waals surface area (Å²) in [6.45, 7) is 0.447. The number of fused-ring (bicyclic) bond motifs is 1. The van der Waals surface area contributed by atoms with Crippen LogP contribution in [0.1, 0.15) is 11.1 Å². The van der Waals surface area contributed by atoms with Crippen LogP contribution in [0.4, 0.5) is 8.78 Å². The summed E-state index contributed by atoms with van der Waals surface area (Å²) in [5.74, 6) is -0.647. The molecule has 0 radical (unpaired) electrons. The number of ether oxygens (including phenoxy) is 1. The highest BCUT2D eigenvalue weighted by Gasteiger charge is 2.07. The monoisotopic (exact) mass is 285 g/mol. The van der Waals surface area contributed by atoms with Gasteiger partial charge < -0.3 is 4.74 Å². The Hall–Kier alpha value is -2.33. The van der Waals surface area contributed by atoms with Gasteiger partial charge in [-0.15, -0.1) is 0 Å². The number of para-hydroxylation sites is 1. The van der Waals surface area contributed by atoms with Crippen molar-refractivity contribution in [2.24, 2.45) is 0 Å². The second-order valence-corrected chi connectivity index (χ2v) is 4.69. The predicted octanol–water partition coefficient (Wildman–Crippen LogP) is 4.23. The van der Waals surface area contributed by atoms with Crippen LogP contribution < -0.4 is 0 Å². The molecule has 0 saturated carbocycles. The summed E-state index contributed by atoms with van der Waals surface area (Å²) in [5, 5.41) is 0.714. The average Bonchev–Trinajstić information content (AvgIpc) is 2.50. The molecule has 0 fully saturated rings. The first-order chi connectivity index (χ1) is 10.3. The van der Waals surface area contributed by atoms with Gasteiger partial charge in [-0.05, 0) is 23.8 Å². The van der Waals surface area contributed by atoms with Crippen molar-refractivity contribution in [3.8, 4) is 0 Å². The highest BCUT2D eigenvalue weighted by atomic mass is 19.1. The van der Waals surface area contributed by atoms with Crippen LogP contribution in [0.5, 0.6) is 0 Å². The minimum absolute atomic E-state index is 0.172. The molecule has 0 saturated heterocycles. The molecule has 0 aliphatic heterocycles. The van der Waals surface area contributed by atoms with Gasteiger partial charge in [0.2, 0.25) is 0 Å². The van der Waals surface area contributed by atoms with E-state index in [1.165, 1.54) is 12.1 Å². The third-order valence-electron chi connectivity index (χ3n) is 3.29. The molecule has 0 spiro atoms. The highest BCUT2D eigenvalue weighted by Crippen LogP contribution is 2.20. The van der Waals surface area contributed by atoms with E-state index in [0.29, 0.717) is 16.5 Å². The molecule has 0 aliphatic rings. The summed E-state index contributed by atoms with van der Waals surface area (Å²) in [6, 6.07) is 13.1. The van der Waals surface area contributed by atoms with Crippen molar-refractivity contribution in [2.45, 2.75) is 13.2 Å². The van der Waals surface area contributed by atoms with Crippen LogP contribution in [0, 0.1) is 11.6 Å². The molecule has 4 heteroatoms. The van der Waals surface area contributed by atoms with Gasteiger partial charge in [0.25, 0.3) is 0 Å². The van der Waals surface area contributed by atoms with Crippen molar-refractivity contribution < 1.29 is 13.5 Å². The van der Waals surface area contributed by atoms with E-state index in [9.17, 15) is 8.78 Å². The van der Waals surface area contributed by atoms with Crippen molar-refractivity contribution in [3.63, 3.8) is 0 Å². The summed E-state index contributed by atoms with van der Waals surface area (Å²) < 4.78 is 32.7. The van der Waals surface area contributed by atoms with E-state index < -0.39 is 0 Å². The molecule has 0 bridgehead atoms. The topological polar surface area (TPSA) is 22.1 Å². The van der Waals surface area contributed by atoms with Crippen LogP contribution >= 0.6 is 0 Å². The van der Waals surface area contributed by atoms with E-state index >= 15 is 0 Å². The molecule has 3 aromatic rings. The Morgan fingerprint density at radius 2 is 1.57 bits per heavy atom. The Labute approximate surface area is 121 Å². The maximum Gasteiger partial charge on any atom is 0.149 e. The summed E-state index contributed by atoms with van der Waals surface area (Å²) in [5.41, 5.74) is 1.65. The fraction of sp³-hybridized carbons (Fsp3) is 0.118. The van der Waals surface area contributed by atoms with E-state index in [1.807, 2.05) is 0 Å². The normalized spacial score (nSPS) is 11.0. The van der Waals surface area contributed by atoms with E-state index in [2.05, 4.69) is 4.98 Å². The molecule has 0 N–H and O–H groups in total. The number of rotatable bonds is 4. The molecule has 2 nitrogen and oxygen atoms in total. The van der Waals surface area contributed by atoms with Crippen LogP contribution in [0.3, 0.4) is 0 Å². The number of halogens is 2. The van der Waals surface area contributed by atoms with Crippen LogP contribution in [-0.2, 0) is 18.0 Å². The molecule has 0 amide bonds. The fourth-order valence-corrected chi connectivity index (χ4v) is 2.21. The van der Waals surface area contributed by atoms with Gasteiger partial charge in [0.15, 0.2) is 0 Å². The molecule has 21 heavy (non-hydrogen) atoms. The fourth-order valence-electron chi connectivity index (χ4n) is 2.21. The zero-order chi connectivity index (χ0) is 14.7. The van der Waals surface area contributed by atoms with Gasteiger partial charge in [-0.25, -0.2) is 8.78 Å². The Kier molecular flexibility index (Phi) is 3.88. The molecule has 1 aromatic heterocycles. The van der Waals surface area contributed by atoms with Gasteiger partial charge in [-0.2, -0.15) is 0 Å². The molecular formula is C17H13F2NO. The van der Waals surface area contributed by atoms with E-state index in [-0.39, 0.29) is 24.8 Å². The zero-order valence-electron chi connectivity index (χ0n) is 11.2. The van der Waals surface area contributed by atoms with Gasteiger partial charge in [0, 0.05) is 17.1 Å². The minimum atomic E-state index is -0.358. The zero-order valence-corrected chi connectivity index (χ0v) is 11.2. The number of nitrogens with zero attached hydrogens (tertiary/aromatic N) is 1. The molecule has 0 atom stereocenters. The molecule has 0 aliphatic carbocycles. The second-order valence-electron chi connectivity index (χ2n) is 4.69. The highest BCUT2D eigenvalue weighted by molar-refractivity contribution is 5.82. The lowest BCUT2D eigenvalue weighted by Crippen LogP contribution is -1.98. The Morgan fingerprint density at radius 1 is 0.810 bits per heavy atom. The van der Waals surface area contributed by atoms with Crippen molar-refractivity contribution in [3.05, 3.63) is 77.5 Å². The number of pyridine rings is 1. The quantitative estimate of drug-likeness (QED) is 0.715. The summed E-state index contributed by atoms with van der Waals surface area (Å²) in [4.78, 5) is 4.03. The van der Waals surface area contributed by atoms with Gasteiger partial charge in [-0.3, -0.25) is 4.98 Å². The Morgan fingerprint density at radius 3 is 2.43 bits per heavy atom. The first-order valence-electron chi connectivity index (χ1n) is 6.59. The SMILES string of the molecule is Fc1ccccc1COCc1ccnc2c(F)cccc12. The van der Waals surface area contributed by atoms with Gasteiger partial charge in [0.05, 0.1) is 13.2 Å². The van der Waals surface area contributed by atoms with Crippen molar-refractivity contribution in [1.82, 2.24) is 4.98 Å². The van der Waals surface area contributed by atoms with Crippen LogP contribution in [0.25, 0.3) is 10.9 Å². The molecule has 0 unspecified atom stereocenters. The van der Waals surface area contributed by atoms with Gasteiger partial charge in [0.1, 0.15) is 17.2 Å². The van der Waals surface area contributed by atoms with Crippen LogP contribution in [-0.4, -0.2) is 4.98 Å². The second kappa shape index (κ2) is 5.97. The van der Waals surface area contributed by atoms with Gasteiger partial charge in [-0.1, -0.05) is 30.3 Å². The lowest BCUT2D eigenvalue weighted by Gasteiger charge is -2.08. The minimum Gasteiger partial charge on any atom is -0.372 e.